The van der Waals surface area contributed by atoms with Gasteiger partial charge in [0.15, 0.2) is 5.13 Å². The van der Waals surface area contributed by atoms with E-state index in [1.165, 1.54) is 23.6 Å². The number of rotatable bonds is 2. The molecule has 0 aliphatic heterocycles. The van der Waals surface area contributed by atoms with Crippen molar-refractivity contribution in [3.05, 3.63) is 40.7 Å². The fraction of sp³-hybridized carbons (Fsp3) is 0.0909. The van der Waals surface area contributed by atoms with Gasteiger partial charge in [0, 0.05) is 11.6 Å². The van der Waals surface area contributed by atoms with Crippen molar-refractivity contribution in [1.29, 1.82) is 5.26 Å². The summed E-state index contributed by atoms with van der Waals surface area (Å²) in [7, 11) is 0. The minimum atomic E-state index is -0.330. The second-order valence-corrected chi connectivity index (χ2v) is 4.15. The molecule has 0 radical (unpaired) electrons. The third-order valence-corrected chi connectivity index (χ3v) is 2.84. The zero-order valence-corrected chi connectivity index (χ0v) is 9.78. The van der Waals surface area contributed by atoms with E-state index in [2.05, 4.69) is 15.3 Å². The molecular weight excluding hydrogens is 236 g/mol. The number of carbonyl (C=O) groups is 1. The second kappa shape index (κ2) is 4.72. The summed E-state index contributed by atoms with van der Waals surface area (Å²) in [6, 6.07) is 5.00. The van der Waals surface area contributed by atoms with Gasteiger partial charge in [0.05, 0.1) is 11.3 Å². The highest BCUT2D eigenvalue weighted by Gasteiger charge is 2.09. The van der Waals surface area contributed by atoms with Gasteiger partial charge >= 0.3 is 0 Å². The van der Waals surface area contributed by atoms with E-state index in [4.69, 9.17) is 5.26 Å². The molecule has 0 bridgehead atoms. The summed E-state index contributed by atoms with van der Waals surface area (Å²) in [5.41, 5.74) is 1.54. The van der Waals surface area contributed by atoms with Gasteiger partial charge in [-0.25, -0.2) is 9.97 Å². The Kier molecular flexibility index (Phi) is 3.12. The van der Waals surface area contributed by atoms with Gasteiger partial charge in [-0.1, -0.05) is 0 Å². The smallest absolute Gasteiger partial charge is 0.276 e. The molecule has 0 aromatic carbocycles. The van der Waals surface area contributed by atoms with Crippen LogP contribution in [0.4, 0.5) is 5.13 Å². The SMILES string of the molecule is Cc1csc(NC(=O)c2ccc(C#N)cn2)n1. The number of nitrogens with zero attached hydrogens (tertiary/aromatic N) is 3. The van der Waals surface area contributed by atoms with Crippen LogP contribution in [0.1, 0.15) is 21.7 Å². The summed E-state index contributed by atoms with van der Waals surface area (Å²) >= 11 is 1.36. The maximum atomic E-state index is 11.7. The topological polar surface area (TPSA) is 78.7 Å². The standard InChI is InChI=1S/C11H8N4OS/c1-7-6-17-11(14-7)15-10(16)9-3-2-8(4-12)5-13-9/h2-3,5-6H,1H3,(H,14,15,16). The van der Waals surface area contributed by atoms with Crippen LogP contribution in [-0.2, 0) is 0 Å². The summed E-state index contributed by atoms with van der Waals surface area (Å²) in [6.45, 7) is 1.85. The van der Waals surface area contributed by atoms with Gasteiger partial charge in [0.25, 0.3) is 5.91 Å². The van der Waals surface area contributed by atoms with Gasteiger partial charge in [-0.3, -0.25) is 10.1 Å². The lowest BCUT2D eigenvalue weighted by Gasteiger charge is -2.00. The fourth-order valence-electron chi connectivity index (χ4n) is 1.17. The van der Waals surface area contributed by atoms with Crippen molar-refractivity contribution in [2.45, 2.75) is 6.92 Å². The number of amides is 1. The molecule has 0 spiro atoms. The van der Waals surface area contributed by atoms with Crippen LogP contribution in [0, 0.1) is 18.3 Å². The van der Waals surface area contributed by atoms with Crippen molar-refractivity contribution in [2.24, 2.45) is 0 Å². The van der Waals surface area contributed by atoms with Crippen LogP contribution in [0.3, 0.4) is 0 Å². The highest BCUT2D eigenvalue weighted by molar-refractivity contribution is 7.13. The lowest BCUT2D eigenvalue weighted by molar-refractivity contribution is 0.102. The minimum Gasteiger partial charge on any atom is -0.296 e. The van der Waals surface area contributed by atoms with E-state index < -0.39 is 0 Å². The van der Waals surface area contributed by atoms with E-state index in [0.29, 0.717) is 10.7 Å². The molecule has 1 N–H and O–H groups in total. The monoisotopic (exact) mass is 244 g/mol. The van der Waals surface area contributed by atoms with Crippen molar-refractivity contribution in [1.82, 2.24) is 9.97 Å². The molecule has 5 nitrogen and oxygen atoms in total. The molecule has 84 valence electrons. The van der Waals surface area contributed by atoms with E-state index in [0.717, 1.165) is 5.69 Å². The molecule has 2 heterocycles. The van der Waals surface area contributed by atoms with Gasteiger partial charge in [-0.2, -0.15) is 5.26 Å². The number of aryl methyl sites for hydroxylation is 1. The van der Waals surface area contributed by atoms with Crippen LogP contribution in [0.5, 0.6) is 0 Å². The number of hydrogen-bond donors (Lipinski definition) is 1. The molecule has 0 saturated carbocycles. The molecule has 0 unspecified atom stereocenters. The number of anilines is 1. The Hall–Kier alpha value is -2.26. The Balaban J connectivity index is 2.12. The molecule has 1 amide bonds. The minimum absolute atomic E-state index is 0.261. The first kappa shape index (κ1) is 11.2. The first-order valence-corrected chi connectivity index (χ1v) is 5.66. The van der Waals surface area contributed by atoms with Crippen LogP contribution in [-0.4, -0.2) is 15.9 Å². The number of aromatic nitrogens is 2. The predicted molar refractivity (Wildman–Crippen MR) is 63.8 cm³/mol. The van der Waals surface area contributed by atoms with Crippen molar-refractivity contribution < 1.29 is 4.79 Å². The highest BCUT2D eigenvalue weighted by Crippen LogP contribution is 2.15. The van der Waals surface area contributed by atoms with Crippen molar-refractivity contribution in [3.63, 3.8) is 0 Å². The Morgan fingerprint density at radius 2 is 2.35 bits per heavy atom. The van der Waals surface area contributed by atoms with Gasteiger partial charge in [0.2, 0.25) is 0 Å². The average molecular weight is 244 g/mol. The normalized spacial score (nSPS) is 9.65. The molecule has 17 heavy (non-hydrogen) atoms. The summed E-state index contributed by atoms with van der Waals surface area (Å²) < 4.78 is 0. The zero-order valence-electron chi connectivity index (χ0n) is 8.97. The van der Waals surface area contributed by atoms with Gasteiger partial charge in [-0.15, -0.1) is 11.3 Å². The summed E-state index contributed by atoms with van der Waals surface area (Å²) in [4.78, 5) is 19.7. The zero-order chi connectivity index (χ0) is 12.3. The Labute approximate surface area is 102 Å². The molecule has 0 aliphatic carbocycles. The number of thiazole rings is 1. The van der Waals surface area contributed by atoms with Crippen LogP contribution >= 0.6 is 11.3 Å². The number of carbonyl (C=O) groups excluding carboxylic acids is 1. The molecule has 0 fully saturated rings. The third-order valence-electron chi connectivity index (χ3n) is 1.96. The van der Waals surface area contributed by atoms with Crippen LogP contribution in [0.2, 0.25) is 0 Å². The van der Waals surface area contributed by atoms with Crippen LogP contribution in [0.15, 0.2) is 23.7 Å². The lowest BCUT2D eigenvalue weighted by atomic mass is 10.2. The number of nitriles is 1. The maximum Gasteiger partial charge on any atom is 0.276 e. The molecule has 6 heteroatoms. The maximum absolute atomic E-state index is 11.7. The summed E-state index contributed by atoms with van der Waals surface area (Å²) in [5.74, 6) is -0.330. The molecule has 2 aromatic heterocycles. The molecule has 2 aromatic rings. The van der Waals surface area contributed by atoms with Crippen molar-refractivity contribution in [3.8, 4) is 6.07 Å². The number of pyridine rings is 1. The first-order chi connectivity index (χ1) is 8.19. The predicted octanol–water partition coefficient (Wildman–Crippen LogP) is 1.97. The van der Waals surface area contributed by atoms with Gasteiger partial charge in [0.1, 0.15) is 11.8 Å². The van der Waals surface area contributed by atoms with Crippen LogP contribution in [0.25, 0.3) is 0 Å². The fourth-order valence-corrected chi connectivity index (χ4v) is 1.85. The number of hydrogen-bond acceptors (Lipinski definition) is 5. The lowest BCUT2D eigenvalue weighted by Crippen LogP contribution is -2.13. The van der Waals surface area contributed by atoms with Gasteiger partial charge < -0.3 is 0 Å². The molecule has 0 saturated heterocycles. The van der Waals surface area contributed by atoms with Gasteiger partial charge in [-0.05, 0) is 19.1 Å². The second-order valence-electron chi connectivity index (χ2n) is 3.29. The average Bonchev–Trinajstić information content (AvgIpc) is 2.75. The Bertz CT molecular complexity index is 582. The van der Waals surface area contributed by atoms with E-state index >= 15 is 0 Å². The largest absolute Gasteiger partial charge is 0.296 e. The number of nitrogens with one attached hydrogen (secondary N) is 1. The summed E-state index contributed by atoms with van der Waals surface area (Å²) in [6.07, 6.45) is 1.36. The molecular formula is C11H8N4OS. The Morgan fingerprint density at radius 3 is 2.88 bits per heavy atom. The third kappa shape index (κ3) is 2.65. The molecule has 2 rings (SSSR count). The molecule has 0 aliphatic rings. The van der Waals surface area contributed by atoms with E-state index in [1.54, 1.807) is 6.07 Å². The summed E-state index contributed by atoms with van der Waals surface area (Å²) in [5, 5.41) is 13.6. The first-order valence-electron chi connectivity index (χ1n) is 4.78. The van der Waals surface area contributed by atoms with E-state index in [1.807, 2.05) is 18.4 Å². The van der Waals surface area contributed by atoms with Crippen molar-refractivity contribution in [2.75, 3.05) is 5.32 Å². The van der Waals surface area contributed by atoms with E-state index in [-0.39, 0.29) is 11.6 Å². The van der Waals surface area contributed by atoms with Crippen LogP contribution < -0.4 is 5.32 Å². The van der Waals surface area contributed by atoms with Crippen molar-refractivity contribution >= 4 is 22.4 Å². The van der Waals surface area contributed by atoms with E-state index in [9.17, 15) is 4.79 Å². The quantitative estimate of drug-likeness (QED) is 0.875. The highest BCUT2D eigenvalue weighted by atomic mass is 32.1. The molecule has 0 atom stereocenters. The Morgan fingerprint density at radius 1 is 1.53 bits per heavy atom.